The van der Waals surface area contributed by atoms with Crippen molar-refractivity contribution in [2.24, 2.45) is 11.5 Å². The molecule has 0 bridgehead atoms. The predicted molar refractivity (Wildman–Crippen MR) is 80.8 cm³/mol. The smallest absolute Gasteiger partial charge is 0.0181 e. The van der Waals surface area contributed by atoms with E-state index in [1.807, 2.05) is 12.1 Å². The van der Waals surface area contributed by atoms with E-state index in [-0.39, 0.29) is 5.41 Å². The summed E-state index contributed by atoms with van der Waals surface area (Å²) in [5.74, 6) is 0. The van der Waals surface area contributed by atoms with Crippen LogP contribution in [0.1, 0.15) is 36.1 Å². The molecule has 0 saturated carbocycles. The van der Waals surface area contributed by atoms with Crippen LogP contribution in [0.5, 0.6) is 0 Å². The van der Waals surface area contributed by atoms with Gasteiger partial charge in [-0.05, 0) is 22.3 Å². The van der Waals surface area contributed by atoms with E-state index in [1.54, 1.807) is 0 Å². The molecular formula is C17H22N2. The van der Waals surface area contributed by atoms with Gasteiger partial charge in [0.1, 0.15) is 0 Å². The molecule has 0 aliphatic rings. The van der Waals surface area contributed by atoms with Crippen LogP contribution in [0.3, 0.4) is 0 Å². The van der Waals surface area contributed by atoms with Gasteiger partial charge in [-0.1, -0.05) is 62.4 Å². The highest BCUT2D eigenvalue weighted by Crippen LogP contribution is 2.35. The molecule has 0 fully saturated rings. The van der Waals surface area contributed by atoms with Crippen molar-refractivity contribution in [1.82, 2.24) is 0 Å². The van der Waals surface area contributed by atoms with E-state index in [4.69, 9.17) is 11.5 Å². The lowest BCUT2D eigenvalue weighted by Gasteiger charge is -2.30. The molecule has 2 rings (SSSR count). The summed E-state index contributed by atoms with van der Waals surface area (Å²) in [4.78, 5) is 0. The van der Waals surface area contributed by atoms with Crippen molar-refractivity contribution in [3.05, 3.63) is 70.8 Å². The number of rotatable bonds is 4. The van der Waals surface area contributed by atoms with Crippen LogP contribution in [0, 0.1) is 0 Å². The van der Waals surface area contributed by atoms with Crippen LogP contribution in [0.15, 0.2) is 48.5 Å². The molecule has 19 heavy (non-hydrogen) atoms. The summed E-state index contributed by atoms with van der Waals surface area (Å²) in [6.07, 6.45) is 0. The van der Waals surface area contributed by atoms with E-state index in [1.165, 1.54) is 22.3 Å². The van der Waals surface area contributed by atoms with Crippen molar-refractivity contribution in [2.75, 3.05) is 0 Å². The Morgan fingerprint density at radius 2 is 1.11 bits per heavy atom. The van der Waals surface area contributed by atoms with E-state index < -0.39 is 0 Å². The van der Waals surface area contributed by atoms with Crippen molar-refractivity contribution in [3.63, 3.8) is 0 Å². The minimum absolute atomic E-state index is 0.0913. The lowest BCUT2D eigenvalue weighted by Crippen LogP contribution is -2.24. The van der Waals surface area contributed by atoms with Crippen LogP contribution in [0.2, 0.25) is 0 Å². The quantitative estimate of drug-likeness (QED) is 0.881. The molecule has 0 aliphatic heterocycles. The van der Waals surface area contributed by atoms with Gasteiger partial charge in [0.15, 0.2) is 0 Å². The average Bonchev–Trinajstić information content (AvgIpc) is 2.47. The standard InChI is InChI=1S/C17H22N2/c1-17(2,15-9-5-3-7-13(15)11-18)16-10-6-4-8-14(16)12-19/h3-10H,11-12,18-19H2,1-2H3. The van der Waals surface area contributed by atoms with Crippen molar-refractivity contribution in [3.8, 4) is 0 Å². The number of hydrogen-bond donors (Lipinski definition) is 2. The molecule has 0 aromatic heterocycles. The molecule has 0 amide bonds. The summed E-state index contributed by atoms with van der Waals surface area (Å²) in [7, 11) is 0. The zero-order chi connectivity index (χ0) is 13.9. The van der Waals surface area contributed by atoms with Gasteiger partial charge in [0.2, 0.25) is 0 Å². The van der Waals surface area contributed by atoms with Crippen molar-refractivity contribution in [1.29, 1.82) is 0 Å². The minimum Gasteiger partial charge on any atom is -0.326 e. The Kier molecular flexibility index (Phi) is 4.03. The molecular weight excluding hydrogens is 232 g/mol. The van der Waals surface area contributed by atoms with E-state index in [0.717, 1.165) is 0 Å². The first kappa shape index (κ1) is 13.8. The summed E-state index contributed by atoms with van der Waals surface area (Å²) in [5, 5.41) is 0. The van der Waals surface area contributed by atoms with Crippen LogP contribution < -0.4 is 11.5 Å². The first-order valence-electron chi connectivity index (χ1n) is 6.68. The van der Waals surface area contributed by atoms with Crippen molar-refractivity contribution in [2.45, 2.75) is 32.4 Å². The molecule has 4 N–H and O–H groups in total. The Morgan fingerprint density at radius 1 is 0.737 bits per heavy atom. The van der Waals surface area contributed by atoms with Gasteiger partial charge in [-0.25, -0.2) is 0 Å². The molecule has 2 aromatic rings. The third-order valence-electron chi connectivity index (χ3n) is 3.82. The Bertz CT molecular complexity index is 509. The predicted octanol–water partition coefficient (Wildman–Crippen LogP) is 2.93. The van der Waals surface area contributed by atoms with Crippen LogP contribution >= 0.6 is 0 Å². The van der Waals surface area contributed by atoms with Crippen LogP contribution in [-0.2, 0) is 18.5 Å². The maximum atomic E-state index is 5.87. The molecule has 0 saturated heterocycles. The maximum Gasteiger partial charge on any atom is 0.0181 e. The summed E-state index contributed by atoms with van der Waals surface area (Å²) in [6, 6.07) is 16.7. The second kappa shape index (κ2) is 5.55. The summed E-state index contributed by atoms with van der Waals surface area (Å²) in [6.45, 7) is 5.58. The highest BCUT2D eigenvalue weighted by Gasteiger charge is 2.26. The molecule has 0 radical (unpaired) electrons. The molecule has 0 aliphatic carbocycles. The lowest BCUT2D eigenvalue weighted by atomic mass is 9.74. The van der Waals surface area contributed by atoms with Gasteiger partial charge in [-0.15, -0.1) is 0 Å². The van der Waals surface area contributed by atoms with Crippen molar-refractivity contribution >= 4 is 0 Å². The summed E-state index contributed by atoms with van der Waals surface area (Å²) in [5.41, 5.74) is 16.6. The van der Waals surface area contributed by atoms with Gasteiger partial charge in [0.25, 0.3) is 0 Å². The Balaban J connectivity index is 2.58. The Hall–Kier alpha value is -1.64. The minimum atomic E-state index is -0.0913. The molecule has 0 atom stereocenters. The summed E-state index contributed by atoms with van der Waals surface area (Å²) >= 11 is 0. The SMILES string of the molecule is CC(C)(c1ccccc1CN)c1ccccc1CN. The first-order valence-corrected chi connectivity index (χ1v) is 6.68. The first-order chi connectivity index (χ1) is 9.11. The lowest BCUT2D eigenvalue weighted by molar-refractivity contribution is 0.623. The van der Waals surface area contributed by atoms with E-state index >= 15 is 0 Å². The second-order valence-electron chi connectivity index (χ2n) is 5.35. The van der Waals surface area contributed by atoms with Gasteiger partial charge in [-0.3, -0.25) is 0 Å². The molecule has 2 heteroatoms. The third kappa shape index (κ3) is 2.55. The van der Waals surface area contributed by atoms with Gasteiger partial charge in [-0.2, -0.15) is 0 Å². The number of benzene rings is 2. The zero-order valence-corrected chi connectivity index (χ0v) is 11.7. The third-order valence-corrected chi connectivity index (χ3v) is 3.82. The van der Waals surface area contributed by atoms with Crippen LogP contribution in [0.4, 0.5) is 0 Å². The number of nitrogens with two attached hydrogens (primary N) is 2. The molecule has 2 aromatic carbocycles. The monoisotopic (exact) mass is 254 g/mol. The fourth-order valence-corrected chi connectivity index (χ4v) is 2.76. The maximum absolute atomic E-state index is 5.87. The molecule has 0 unspecified atom stereocenters. The largest absolute Gasteiger partial charge is 0.326 e. The van der Waals surface area contributed by atoms with Crippen LogP contribution in [0.25, 0.3) is 0 Å². The summed E-state index contributed by atoms with van der Waals surface area (Å²) < 4.78 is 0. The number of hydrogen-bond acceptors (Lipinski definition) is 2. The van der Waals surface area contributed by atoms with Gasteiger partial charge >= 0.3 is 0 Å². The molecule has 0 heterocycles. The van der Waals surface area contributed by atoms with E-state index in [9.17, 15) is 0 Å². The fourth-order valence-electron chi connectivity index (χ4n) is 2.76. The highest BCUT2D eigenvalue weighted by atomic mass is 14.5. The Labute approximate surface area is 115 Å². The second-order valence-corrected chi connectivity index (χ2v) is 5.35. The molecule has 2 nitrogen and oxygen atoms in total. The normalized spacial score (nSPS) is 11.6. The molecule has 0 spiro atoms. The van der Waals surface area contributed by atoms with Gasteiger partial charge < -0.3 is 11.5 Å². The van der Waals surface area contributed by atoms with Gasteiger partial charge in [0.05, 0.1) is 0 Å². The zero-order valence-electron chi connectivity index (χ0n) is 11.7. The van der Waals surface area contributed by atoms with Gasteiger partial charge in [0, 0.05) is 18.5 Å². The van der Waals surface area contributed by atoms with Crippen molar-refractivity contribution < 1.29 is 0 Å². The highest BCUT2D eigenvalue weighted by molar-refractivity contribution is 5.45. The topological polar surface area (TPSA) is 52.0 Å². The average molecular weight is 254 g/mol. The molecule has 100 valence electrons. The van der Waals surface area contributed by atoms with E-state index in [0.29, 0.717) is 13.1 Å². The fraction of sp³-hybridized carbons (Fsp3) is 0.294. The Morgan fingerprint density at radius 3 is 1.47 bits per heavy atom. The van der Waals surface area contributed by atoms with Crippen LogP contribution in [-0.4, -0.2) is 0 Å². The van der Waals surface area contributed by atoms with E-state index in [2.05, 4.69) is 50.2 Å².